The summed E-state index contributed by atoms with van der Waals surface area (Å²) in [5.41, 5.74) is 3.04. The molecule has 2 fully saturated rings. The molecule has 0 saturated carbocycles. The van der Waals surface area contributed by atoms with Crippen LogP contribution in [0.2, 0.25) is 0 Å². The molecule has 1 amide bonds. The fourth-order valence-electron chi connectivity index (χ4n) is 5.59. The second-order valence-electron chi connectivity index (χ2n) is 10.2. The van der Waals surface area contributed by atoms with E-state index in [-0.39, 0.29) is 16.9 Å². The van der Waals surface area contributed by atoms with Crippen LogP contribution in [-0.2, 0) is 4.79 Å². The third-order valence-electron chi connectivity index (χ3n) is 7.56. The molecular formula is C30H27F2N5O3. The second kappa shape index (κ2) is 9.78. The van der Waals surface area contributed by atoms with Gasteiger partial charge in [-0.2, -0.15) is 0 Å². The van der Waals surface area contributed by atoms with E-state index in [1.165, 1.54) is 24.5 Å². The van der Waals surface area contributed by atoms with Crippen molar-refractivity contribution in [3.63, 3.8) is 0 Å². The monoisotopic (exact) mass is 543 g/mol. The molecule has 8 nitrogen and oxygen atoms in total. The van der Waals surface area contributed by atoms with E-state index in [4.69, 9.17) is 9.47 Å². The molecule has 2 aliphatic heterocycles. The predicted molar refractivity (Wildman–Crippen MR) is 149 cm³/mol. The number of hydrogen-bond donors (Lipinski definition) is 1. The maximum Gasteiger partial charge on any atom is 0.245 e. The van der Waals surface area contributed by atoms with Gasteiger partial charge in [0.2, 0.25) is 5.91 Å². The van der Waals surface area contributed by atoms with Crippen molar-refractivity contribution in [2.45, 2.75) is 0 Å². The van der Waals surface area contributed by atoms with Crippen LogP contribution in [0.15, 0.2) is 67.5 Å². The first-order valence-corrected chi connectivity index (χ1v) is 12.7. The standard InChI is InChI=1S/C30H27F2N5O3/c1-4-28(38)37-15-30(16-37)13-36(14-30)25-11-21-23(12-27(25)40-3)33-17-34-29(21)35-24-9-18(5-8-26(24)39-2)20-7-6-19(31)10-22(20)32/h4-12,17H,1,13-16H2,2-3H3,(H,33,34,35). The van der Waals surface area contributed by atoms with E-state index in [1.807, 2.05) is 12.1 Å². The topological polar surface area (TPSA) is 79.8 Å². The molecule has 1 aromatic heterocycles. The molecule has 3 aromatic carbocycles. The highest BCUT2D eigenvalue weighted by Gasteiger charge is 2.53. The number of fused-ring (bicyclic) bond motifs is 1. The summed E-state index contributed by atoms with van der Waals surface area (Å²) >= 11 is 0. The van der Waals surface area contributed by atoms with Crippen molar-refractivity contribution < 1.29 is 23.0 Å². The molecule has 0 radical (unpaired) electrons. The normalized spacial score (nSPS) is 15.4. The van der Waals surface area contributed by atoms with Crippen LogP contribution in [0.3, 0.4) is 0 Å². The third kappa shape index (κ3) is 4.35. The zero-order valence-corrected chi connectivity index (χ0v) is 22.1. The average molecular weight is 544 g/mol. The molecule has 3 heterocycles. The lowest BCUT2D eigenvalue weighted by atomic mass is 9.72. The van der Waals surface area contributed by atoms with Crippen LogP contribution in [0.1, 0.15) is 0 Å². The average Bonchev–Trinajstić information content (AvgIpc) is 2.91. The highest BCUT2D eigenvalue weighted by Crippen LogP contribution is 2.46. The van der Waals surface area contributed by atoms with Crippen LogP contribution in [-0.4, -0.2) is 61.2 Å². The van der Waals surface area contributed by atoms with Gasteiger partial charge < -0.3 is 24.6 Å². The minimum atomic E-state index is -0.656. The van der Waals surface area contributed by atoms with Gasteiger partial charge in [0, 0.05) is 54.7 Å². The Balaban J connectivity index is 1.32. The summed E-state index contributed by atoms with van der Waals surface area (Å²) in [6, 6.07) is 12.5. The highest BCUT2D eigenvalue weighted by molar-refractivity contribution is 5.96. The van der Waals surface area contributed by atoms with Gasteiger partial charge in [-0.25, -0.2) is 18.7 Å². The zero-order valence-electron chi connectivity index (χ0n) is 22.1. The van der Waals surface area contributed by atoms with Gasteiger partial charge in [0.05, 0.1) is 31.1 Å². The lowest BCUT2D eigenvalue weighted by Gasteiger charge is -2.60. The first kappa shape index (κ1) is 25.5. The smallest absolute Gasteiger partial charge is 0.245 e. The van der Waals surface area contributed by atoms with E-state index >= 15 is 0 Å². The van der Waals surface area contributed by atoms with Crippen molar-refractivity contribution in [3.05, 3.63) is 79.1 Å². The minimum Gasteiger partial charge on any atom is -0.495 e. The van der Waals surface area contributed by atoms with Gasteiger partial charge in [-0.1, -0.05) is 12.6 Å². The largest absolute Gasteiger partial charge is 0.495 e. The molecule has 4 aromatic rings. The van der Waals surface area contributed by atoms with Crippen molar-refractivity contribution in [1.82, 2.24) is 14.9 Å². The third-order valence-corrected chi connectivity index (χ3v) is 7.56. The van der Waals surface area contributed by atoms with Gasteiger partial charge in [-0.05, 0) is 42.0 Å². The maximum atomic E-state index is 14.5. The molecule has 0 atom stereocenters. The summed E-state index contributed by atoms with van der Waals surface area (Å²) in [4.78, 5) is 24.9. The quantitative estimate of drug-likeness (QED) is 0.322. The Morgan fingerprint density at radius 1 is 1.00 bits per heavy atom. The minimum absolute atomic E-state index is 0.0399. The van der Waals surface area contributed by atoms with Crippen LogP contribution >= 0.6 is 0 Å². The lowest BCUT2D eigenvalue weighted by molar-refractivity contribution is -0.139. The Bertz CT molecular complexity index is 1650. The molecule has 40 heavy (non-hydrogen) atoms. The van der Waals surface area contributed by atoms with Gasteiger partial charge in [-0.3, -0.25) is 4.79 Å². The number of carbonyl (C=O) groups excluding carboxylic acids is 1. The van der Waals surface area contributed by atoms with Crippen LogP contribution < -0.4 is 19.7 Å². The lowest BCUT2D eigenvalue weighted by Crippen LogP contribution is -2.73. The summed E-state index contributed by atoms with van der Waals surface area (Å²) in [5.74, 6) is 0.417. The number of benzene rings is 3. The number of aromatic nitrogens is 2. The molecule has 6 rings (SSSR count). The number of amides is 1. The number of nitrogens with one attached hydrogen (secondary N) is 1. The number of rotatable bonds is 7. The number of ether oxygens (including phenoxy) is 2. The van der Waals surface area contributed by atoms with Crippen molar-refractivity contribution in [3.8, 4) is 22.6 Å². The molecular weight excluding hydrogens is 516 g/mol. The Hall–Kier alpha value is -4.73. The molecule has 0 unspecified atom stereocenters. The second-order valence-corrected chi connectivity index (χ2v) is 10.2. The summed E-state index contributed by atoms with van der Waals surface area (Å²) < 4.78 is 39.3. The molecule has 10 heteroatoms. The number of carbonyl (C=O) groups is 1. The molecule has 0 aliphatic carbocycles. The Labute approximate surface area is 229 Å². The SMILES string of the molecule is C=CC(=O)N1CC2(C1)CN(c1cc3c(Nc4cc(-c5ccc(F)cc5F)ccc4OC)ncnc3cc1OC)C2. The molecule has 1 N–H and O–H groups in total. The molecule has 204 valence electrons. The van der Waals surface area contributed by atoms with Gasteiger partial charge in [0.15, 0.2) is 0 Å². The highest BCUT2D eigenvalue weighted by atomic mass is 19.1. The Morgan fingerprint density at radius 2 is 1.77 bits per heavy atom. The fraction of sp³-hybridized carbons (Fsp3) is 0.233. The van der Waals surface area contributed by atoms with E-state index in [2.05, 4.69) is 26.8 Å². The predicted octanol–water partition coefficient (Wildman–Crippen LogP) is 5.17. The van der Waals surface area contributed by atoms with Crippen molar-refractivity contribution in [2.75, 3.05) is 50.6 Å². The molecule has 1 spiro atoms. The van der Waals surface area contributed by atoms with E-state index in [1.54, 1.807) is 37.3 Å². The van der Waals surface area contributed by atoms with Crippen LogP contribution in [0.4, 0.5) is 26.0 Å². The summed E-state index contributed by atoms with van der Waals surface area (Å²) in [7, 11) is 3.17. The van der Waals surface area contributed by atoms with E-state index < -0.39 is 11.6 Å². The van der Waals surface area contributed by atoms with Crippen molar-refractivity contribution in [1.29, 1.82) is 0 Å². The first-order valence-electron chi connectivity index (χ1n) is 12.7. The van der Waals surface area contributed by atoms with Gasteiger partial charge >= 0.3 is 0 Å². The summed E-state index contributed by atoms with van der Waals surface area (Å²) in [6.45, 7) is 6.59. The van der Waals surface area contributed by atoms with E-state index in [0.29, 0.717) is 47.2 Å². The van der Waals surface area contributed by atoms with E-state index in [0.717, 1.165) is 30.2 Å². The zero-order chi connectivity index (χ0) is 28.0. The van der Waals surface area contributed by atoms with Crippen LogP contribution in [0.25, 0.3) is 22.0 Å². The molecule has 2 aliphatic rings. The number of methoxy groups -OCH3 is 2. The Morgan fingerprint density at radius 3 is 2.48 bits per heavy atom. The van der Waals surface area contributed by atoms with Gasteiger partial charge in [-0.15, -0.1) is 0 Å². The number of anilines is 3. The van der Waals surface area contributed by atoms with Crippen LogP contribution in [0, 0.1) is 17.0 Å². The van der Waals surface area contributed by atoms with Gasteiger partial charge in [0.1, 0.15) is 35.3 Å². The first-order chi connectivity index (χ1) is 19.3. The Kier molecular flexibility index (Phi) is 6.25. The van der Waals surface area contributed by atoms with Crippen molar-refractivity contribution in [2.24, 2.45) is 5.41 Å². The number of likely N-dealkylation sites (tertiary alicyclic amines) is 1. The number of halogens is 2. The van der Waals surface area contributed by atoms with Crippen LogP contribution in [0.5, 0.6) is 11.5 Å². The number of nitrogens with zero attached hydrogens (tertiary/aromatic N) is 4. The number of hydrogen-bond acceptors (Lipinski definition) is 7. The molecule has 0 bridgehead atoms. The summed E-state index contributed by atoms with van der Waals surface area (Å²) in [6.07, 6.45) is 2.81. The summed E-state index contributed by atoms with van der Waals surface area (Å²) in [5, 5.41) is 4.09. The van der Waals surface area contributed by atoms with Gasteiger partial charge in [0.25, 0.3) is 0 Å². The maximum absolute atomic E-state index is 14.5. The fourth-order valence-corrected chi connectivity index (χ4v) is 5.59. The van der Waals surface area contributed by atoms with Crippen molar-refractivity contribution >= 4 is 34.0 Å². The van der Waals surface area contributed by atoms with E-state index in [9.17, 15) is 13.6 Å². The molecule has 2 saturated heterocycles.